The van der Waals surface area contributed by atoms with Crippen LogP contribution in [0.25, 0.3) is 0 Å². The first kappa shape index (κ1) is 16.5. The van der Waals surface area contributed by atoms with Crippen molar-refractivity contribution < 1.29 is 14.4 Å². The number of imide groups is 1. The number of carbonyl (C=O) groups excluding carboxylic acids is 3. The highest BCUT2D eigenvalue weighted by atomic mass is 35.5. The lowest BCUT2D eigenvalue weighted by atomic mass is 10.1. The second-order valence-electron chi connectivity index (χ2n) is 5.73. The molecule has 0 bridgehead atoms. The number of piperazine rings is 1. The molecule has 9 heteroatoms. The summed E-state index contributed by atoms with van der Waals surface area (Å²) in [6.45, 7) is 2.25. The van der Waals surface area contributed by atoms with Crippen molar-refractivity contribution in [3.05, 3.63) is 23.4 Å². The number of anilines is 1. The van der Waals surface area contributed by atoms with Gasteiger partial charge in [0.1, 0.15) is 11.9 Å². The minimum atomic E-state index is -0.665. The zero-order chi connectivity index (χ0) is 17.1. The number of hydrogen-bond donors (Lipinski definition) is 2. The van der Waals surface area contributed by atoms with E-state index in [1.54, 1.807) is 23.2 Å². The van der Waals surface area contributed by atoms with Gasteiger partial charge in [-0.1, -0.05) is 11.6 Å². The van der Waals surface area contributed by atoms with E-state index >= 15 is 0 Å². The molecule has 2 aliphatic heterocycles. The van der Waals surface area contributed by atoms with Crippen LogP contribution in [0.5, 0.6) is 0 Å². The molecule has 0 aliphatic carbocycles. The predicted molar refractivity (Wildman–Crippen MR) is 87.7 cm³/mol. The van der Waals surface area contributed by atoms with Gasteiger partial charge in [-0.3, -0.25) is 14.9 Å². The lowest BCUT2D eigenvalue weighted by molar-refractivity contribution is -0.133. The Morgan fingerprint density at radius 1 is 1.25 bits per heavy atom. The van der Waals surface area contributed by atoms with Crippen LogP contribution in [0, 0.1) is 0 Å². The minimum absolute atomic E-state index is 0.151. The average molecular weight is 352 g/mol. The molecule has 0 aromatic carbocycles. The third-order valence-electron chi connectivity index (χ3n) is 4.15. The Kier molecular flexibility index (Phi) is 4.84. The van der Waals surface area contributed by atoms with E-state index < -0.39 is 12.1 Å². The van der Waals surface area contributed by atoms with Crippen LogP contribution in [-0.2, 0) is 9.59 Å². The van der Waals surface area contributed by atoms with Gasteiger partial charge in [-0.15, -0.1) is 0 Å². The van der Waals surface area contributed by atoms with Crippen LogP contribution in [0.4, 0.5) is 10.6 Å². The van der Waals surface area contributed by atoms with Crippen LogP contribution in [0.2, 0.25) is 5.02 Å². The molecule has 2 N–H and O–H groups in total. The number of pyridine rings is 1. The van der Waals surface area contributed by atoms with Crippen molar-refractivity contribution in [2.75, 3.05) is 31.1 Å². The van der Waals surface area contributed by atoms with Crippen molar-refractivity contribution in [2.24, 2.45) is 0 Å². The van der Waals surface area contributed by atoms with E-state index in [0.717, 1.165) is 0 Å². The van der Waals surface area contributed by atoms with E-state index in [0.29, 0.717) is 43.4 Å². The summed E-state index contributed by atoms with van der Waals surface area (Å²) >= 11 is 6.16. The number of halogens is 1. The Morgan fingerprint density at radius 2 is 2.00 bits per heavy atom. The highest BCUT2D eigenvalue weighted by molar-refractivity contribution is 6.32. The summed E-state index contributed by atoms with van der Waals surface area (Å²) in [6.07, 6.45) is 2.14. The van der Waals surface area contributed by atoms with Gasteiger partial charge < -0.3 is 15.1 Å². The van der Waals surface area contributed by atoms with Crippen LogP contribution in [0.1, 0.15) is 12.8 Å². The van der Waals surface area contributed by atoms with Gasteiger partial charge in [0.2, 0.25) is 11.8 Å². The molecule has 3 rings (SSSR count). The molecule has 0 spiro atoms. The first-order valence-electron chi connectivity index (χ1n) is 7.79. The lowest BCUT2D eigenvalue weighted by Gasteiger charge is -2.37. The van der Waals surface area contributed by atoms with E-state index in [2.05, 4.69) is 15.6 Å². The number of nitrogens with one attached hydrogen (secondary N) is 2. The summed E-state index contributed by atoms with van der Waals surface area (Å²) in [5.41, 5.74) is 0. The van der Waals surface area contributed by atoms with Crippen LogP contribution < -0.4 is 15.5 Å². The lowest BCUT2D eigenvalue weighted by Crippen LogP contribution is -2.55. The van der Waals surface area contributed by atoms with Crippen molar-refractivity contribution in [3.8, 4) is 0 Å². The molecule has 2 aliphatic rings. The first-order valence-corrected chi connectivity index (χ1v) is 8.17. The molecule has 8 nitrogen and oxygen atoms in total. The summed E-state index contributed by atoms with van der Waals surface area (Å²) < 4.78 is 0. The van der Waals surface area contributed by atoms with Gasteiger partial charge in [0.05, 0.1) is 5.02 Å². The van der Waals surface area contributed by atoms with Gasteiger partial charge in [0.25, 0.3) is 0 Å². The van der Waals surface area contributed by atoms with E-state index in [1.807, 2.05) is 4.90 Å². The number of carbonyl (C=O) groups is 3. The summed E-state index contributed by atoms with van der Waals surface area (Å²) in [5.74, 6) is 0.188. The number of aromatic nitrogens is 1. The summed E-state index contributed by atoms with van der Waals surface area (Å²) in [5, 5.41) is 5.30. The van der Waals surface area contributed by atoms with Gasteiger partial charge in [0, 0.05) is 38.8 Å². The number of urea groups is 1. The molecule has 1 aromatic rings. The zero-order valence-corrected chi connectivity index (χ0v) is 13.8. The van der Waals surface area contributed by atoms with Gasteiger partial charge in [-0.25, -0.2) is 9.78 Å². The SMILES string of the molecule is O=C1CCC(C(=O)N2CCN(c3ncccc3Cl)CC2)NC(=O)N1. The van der Waals surface area contributed by atoms with Crippen molar-refractivity contribution in [1.82, 2.24) is 20.5 Å². The summed E-state index contributed by atoms with van der Waals surface area (Å²) in [6, 6.07) is 2.28. The van der Waals surface area contributed by atoms with Gasteiger partial charge in [-0.2, -0.15) is 0 Å². The molecular weight excluding hydrogens is 334 g/mol. The molecular formula is C15H18ClN5O3. The normalized spacial score (nSPS) is 21.8. The van der Waals surface area contributed by atoms with E-state index in [1.165, 1.54) is 0 Å². The van der Waals surface area contributed by atoms with Gasteiger partial charge in [-0.05, 0) is 18.6 Å². The Morgan fingerprint density at radius 3 is 2.71 bits per heavy atom. The summed E-state index contributed by atoms with van der Waals surface area (Å²) in [4.78, 5) is 43.5. The topological polar surface area (TPSA) is 94.6 Å². The Bertz CT molecular complexity index is 660. The number of hydrogen-bond acceptors (Lipinski definition) is 5. The molecule has 0 saturated carbocycles. The van der Waals surface area contributed by atoms with Gasteiger partial charge in [0.15, 0.2) is 0 Å². The standard InChI is InChI=1S/C15H18ClN5O3/c16-10-2-1-5-17-13(10)20-6-8-21(9-7-20)14(23)11-3-4-12(22)19-15(24)18-11/h1-2,5,11H,3-4,6-9H2,(H2,18,19,22,24). The average Bonchev–Trinajstić information content (AvgIpc) is 2.75. The fourth-order valence-corrected chi connectivity index (χ4v) is 3.13. The maximum Gasteiger partial charge on any atom is 0.322 e. The molecule has 2 fully saturated rings. The third kappa shape index (κ3) is 3.59. The van der Waals surface area contributed by atoms with E-state index in [4.69, 9.17) is 11.6 Å². The molecule has 3 heterocycles. The second kappa shape index (κ2) is 7.04. The number of amides is 4. The van der Waals surface area contributed by atoms with Crippen LogP contribution in [0.15, 0.2) is 18.3 Å². The highest BCUT2D eigenvalue weighted by Gasteiger charge is 2.31. The largest absolute Gasteiger partial charge is 0.352 e. The quantitative estimate of drug-likeness (QED) is 0.803. The molecule has 1 atom stereocenters. The Balaban J connectivity index is 1.60. The molecule has 1 aromatic heterocycles. The molecule has 4 amide bonds. The van der Waals surface area contributed by atoms with E-state index in [-0.39, 0.29) is 18.2 Å². The fraction of sp³-hybridized carbons (Fsp3) is 0.467. The van der Waals surface area contributed by atoms with Crippen LogP contribution >= 0.6 is 11.6 Å². The molecule has 24 heavy (non-hydrogen) atoms. The maximum absolute atomic E-state index is 12.6. The second-order valence-corrected chi connectivity index (χ2v) is 6.14. The Hall–Kier alpha value is -2.35. The van der Waals surface area contributed by atoms with Crippen LogP contribution in [0.3, 0.4) is 0 Å². The molecule has 0 radical (unpaired) electrons. The fourth-order valence-electron chi connectivity index (χ4n) is 2.89. The molecule has 128 valence electrons. The zero-order valence-electron chi connectivity index (χ0n) is 13.0. The van der Waals surface area contributed by atoms with E-state index in [9.17, 15) is 14.4 Å². The van der Waals surface area contributed by atoms with Gasteiger partial charge >= 0.3 is 6.03 Å². The predicted octanol–water partition coefficient (Wildman–Crippen LogP) is 0.372. The first-order chi connectivity index (χ1) is 11.5. The van der Waals surface area contributed by atoms with Crippen molar-refractivity contribution >= 4 is 35.3 Å². The van der Waals surface area contributed by atoms with Crippen molar-refractivity contribution in [3.63, 3.8) is 0 Å². The summed E-state index contributed by atoms with van der Waals surface area (Å²) in [7, 11) is 0. The number of rotatable bonds is 2. The Labute approximate surface area is 144 Å². The van der Waals surface area contributed by atoms with Crippen molar-refractivity contribution in [1.29, 1.82) is 0 Å². The molecule has 2 saturated heterocycles. The monoisotopic (exact) mass is 351 g/mol. The number of nitrogens with zero attached hydrogens (tertiary/aromatic N) is 3. The minimum Gasteiger partial charge on any atom is -0.352 e. The maximum atomic E-state index is 12.6. The highest BCUT2D eigenvalue weighted by Crippen LogP contribution is 2.23. The smallest absolute Gasteiger partial charge is 0.322 e. The van der Waals surface area contributed by atoms with Crippen LogP contribution in [-0.4, -0.2) is 60.0 Å². The van der Waals surface area contributed by atoms with Crippen molar-refractivity contribution in [2.45, 2.75) is 18.9 Å². The molecule has 1 unspecified atom stereocenters. The third-order valence-corrected chi connectivity index (χ3v) is 4.44.